The van der Waals surface area contributed by atoms with Crippen molar-refractivity contribution in [1.82, 2.24) is 5.32 Å². The van der Waals surface area contributed by atoms with Crippen molar-refractivity contribution in [2.75, 3.05) is 5.32 Å². The Balaban J connectivity index is 1.88. The number of thiophene rings is 1. The summed E-state index contributed by atoms with van der Waals surface area (Å²) < 4.78 is 0. The number of nitrogens with one attached hydrogen (secondary N) is 2. The minimum absolute atomic E-state index is 0.000478. The van der Waals surface area contributed by atoms with Crippen LogP contribution >= 0.6 is 11.3 Å². The van der Waals surface area contributed by atoms with E-state index >= 15 is 0 Å². The van der Waals surface area contributed by atoms with Crippen LogP contribution in [0.15, 0.2) is 11.4 Å². The van der Waals surface area contributed by atoms with Gasteiger partial charge in [-0.3, -0.25) is 4.79 Å². The normalized spacial score (nSPS) is 16.6. The van der Waals surface area contributed by atoms with Crippen molar-refractivity contribution >= 4 is 22.9 Å². The van der Waals surface area contributed by atoms with Gasteiger partial charge in [-0.1, -0.05) is 12.8 Å². The highest BCUT2D eigenvalue weighted by Gasteiger charge is 2.15. The second-order valence-electron chi connectivity index (χ2n) is 4.30. The quantitative estimate of drug-likeness (QED) is 0.847. The van der Waals surface area contributed by atoms with Crippen LogP contribution in [-0.2, 0) is 11.3 Å². The second-order valence-corrected chi connectivity index (χ2v) is 5.30. The predicted octanol–water partition coefficient (Wildman–Crippen LogP) is 2.74. The lowest BCUT2D eigenvalue weighted by molar-refractivity contribution is -0.114. The van der Waals surface area contributed by atoms with Crippen LogP contribution in [0.4, 0.5) is 5.69 Å². The number of hydrogen-bond acceptors (Lipinski definition) is 3. The van der Waals surface area contributed by atoms with Crippen LogP contribution in [0.3, 0.4) is 0 Å². The highest BCUT2D eigenvalue weighted by atomic mass is 32.1. The number of carbonyl (C=O) groups is 1. The zero-order valence-corrected chi connectivity index (χ0v) is 10.4. The fourth-order valence-corrected chi connectivity index (χ4v) is 2.93. The molecule has 0 bridgehead atoms. The van der Waals surface area contributed by atoms with Crippen molar-refractivity contribution in [3.63, 3.8) is 0 Å². The van der Waals surface area contributed by atoms with Gasteiger partial charge in [-0.2, -0.15) is 0 Å². The molecule has 1 fully saturated rings. The van der Waals surface area contributed by atoms with Gasteiger partial charge in [0.25, 0.3) is 0 Å². The first-order valence-corrected chi connectivity index (χ1v) is 6.71. The van der Waals surface area contributed by atoms with Gasteiger partial charge < -0.3 is 10.6 Å². The minimum Gasteiger partial charge on any atom is -0.325 e. The third kappa shape index (κ3) is 3.06. The van der Waals surface area contributed by atoms with Gasteiger partial charge in [-0.25, -0.2) is 0 Å². The predicted molar refractivity (Wildman–Crippen MR) is 67.7 cm³/mol. The minimum atomic E-state index is 0.000478. The molecule has 0 unspecified atom stereocenters. The summed E-state index contributed by atoms with van der Waals surface area (Å²) in [5.74, 6) is 0.000478. The number of carbonyl (C=O) groups excluding carboxylic acids is 1. The Kier molecular flexibility index (Phi) is 3.96. The first-order chi connectivity index (χ1) is 7.75. The Morgan fingerprint density at radius 1 is 1.50 bits per heavy atom. The molecule has 0 atom stereocenters. The molecular formula is C12H18N2OS. The van der Waals surface area contributed by atoms with Gasteiger partial charge >= 0.3 is 0 Å². The maximum Gasteiger partial charge on any atom is 0.221 e. The van der Waals surface area contributed by atoms with Gasteiger partial charge in [-0.15, -0.1) is 11.3 Å². The van der Waals surface area contributed by atoms with E-state index in [0.717, 1.165) is 12.2 Å². The molecule has 4 heteroatoms. The molecule has 2 N–H and O–H groups in total. The van der Waals surface area contributed by atoms with Gasteiger partial charge in [0.05, 0.1) is 5.69 Å². The van der Waals surface area contributed by atoms with E-state index < -0.39 is 0 Å². The van der Waals surface area contributed by atoms with E-state index in [9.17, 15) is 4.79 Å². The Bertz CT molecular complexity index is 356. The van der Waals surface area contributed by atoms with E-state index in [4.69, 9.17) is 0 Å². The molecule has 1 amide bonds. The van der Waals surface area contributed by atoms with E-state index in [1.807, 2.05) is 11.4 Å². The molecule has 3 nitrogen and oxygen atoms in total. The summed E-state index contributed by atoms with van der Waals surface area (Å²) in [5.41, 5.74) is 0.961. The maximum absolute atomic E-state index is 11.0. The number of anilines is 1. The molecule has 0 spiro atoms. The van der Waals surface area contributed by atoms with Crippen LogP contribution in [0.1, 0.15) is 37.5 Å². The van der Waals surface area contributed by atoms with Gasteiger partial charge in [-0.05, 0) is 24.3 Å². The average Bonchev–Trinajstić information content (AvgIpc) is 2.84. The van der Waals surface area contributed by atoms with Crippen LogP contribution in [0, 0.1) is 0 Å². The highest BCUT2D eigenvalue weighted by molar-refractivity contribution is 7.10. The lowest BCUT2D eigenvalue weighted by atomic mass is 10.2. The topological polar surface area (TPSA) is 41.1 Å². The number of rotatable bonds is 4. The third-order valence-electron chi connectivity index (χ3n) is 2.96. The van der Waals surface area contributed by atoms with Crippen molar-refractivity contribution in [2.45, 2.75) is 45.2 Å². The first kappa shape index (κ1) is 11.6. The van der Waals surface area contributed by atoms with Crippen LogP contribution < -0.4 is 10.6 Å². The fourth-order valence-electron chi connectivity index (χ4n) is 2.15. The monoisotopic (exact) mass is 238 g/mol. The summed E-state index contributed by atoms with van der Waals surface area (Å²) in [6.07, 6.45) is 5.28. The van der Waals surface area contributed by atoms with Gasteiger partial charge in [0.15, 0.2) is 0 Å². The average molecular weight is 238 g/mol. The van der Waals surface area contributed by atoms with E-state index in [1.54, 1.807) is 18.3 Å². The lowest BCUT2D eigenvalue weighted by Gasteiger charge is -2.11. The summed E-state index contributed by atoms with van der Waals surface area (Å²) in [7, 11) is 0. The highest BCUT2D eigenvalue weighted by Crippen LogP contribution is 2.24. The molecule has 0 saturated heterocycles. The Morgan fingerprint density at radius 3 is 2.94 bits per heavy atom. The molecular weight excluding hydrogens is 220 g/mol. The zero-order valence-electron chi connectivity index (χ0n) is 9.58. The van der Waals surface area contributed by atoms with Crippen LogP contribution in [0.2, 0.25) is 0 Å². The number of amides is 1. The van der Waals surface area contributed by atoms with Crippen LogP contribution in [0.25, 0.3) is 0 Å². The van der Waals surface area contributed by atoms with Gasteiger partial charge in [0.2, 0.25) is 5.91 Å². The molecule has 16 heavy (non-hydrogen) atoms. The summed E-state index contributed by atoms with van der Waals surface area (Å²) in [4.78, 5) is 12.2. The fraction of sp³-hybridized carbons (Fsp3) is 0.583. The SMILES string of the molecule is CC(=O)Nc1ccsc1CNC1CCCC1. The molecule has 1 aliphatic carbocycles. The molecule has 1 saturated carbocycles. The first-order valence-electron chi connectivity index (χ1n) is 5.83. The van der Waals surface area contributed by atoms with E-state index in [1.165, 1.54) is 30.6 Å². The summed E-state index contributed by atoms with van der Waals surface area (Å²) in [6.45, 7) is 2.42. The Morgan fingerprint density at radius 2 is 2.25 bits per heavy atom. The molecule has 2 rings (SSSR count). The molecule has 1 heterocycles. The van der Waals surface area contributed by atoms with Crippen molar-refractivity contribution < 1.29 is 4.79 Å². The molecule has 1 aliphatic rings. The molecule has 0 aromatic carbocycles. The number of hydrogen-bond donors (Lipinski definition) is 2. The van der Waals surface area contributed by atoms with Crippen molar-refractivity contribution in [2.24, 2.45) is 0 Å². The van der Waals surface area contributed by atoms with Gasteiger partial charge in [0.1, 0.15) is 0 Å². The second kappa shape index (κ2) is 5.46. The van der Waals surface area contributed by atoms with Crippen LogP contribution in [0.5, 0.6) is 0 Å². The van der Waals surface area contributed by atoms with E-state index in [0.29, 0.717) is 6.04 Å². The largest absolute Gasteiger partial charge is 0.325 e. The van der Waals surface area contributed by atoms with E-state index in [2.05, 4.69) is 10.6 Å². The molecule has 0 aliphatic heterocycles. The Labute approximate surface area is 100 Å². The molecule has 0 radical (unpaired) electrons. The summed E-state index contributed by atoms with van der Waals surface area (Å²) in [6, 6.07) is 2.64. The van der Waals surface area contributed by atoms with Crippen molar-refractivity contribution in [3.8, 4) is 0 Å². The molecule has 88 valence electrons. The summed E-state index contributed by atoms with van der Waals surface area (Å²) in [5, 5.41) is 8.44. The smallest absolute Gasteiger partial charge is 0.221 e. The van der Waals surface area contributed by atoms with Gasteiger partial charge in [0, 0.05) is 24.4 Å². The maximum atomic E-state index is 11.0. The summed E-state index contributed by atoms with van der Waals surface area (Å²) >= 11 is 1.70. The lowest BCUT2D eigenvalue weighted by Crippen LogP contribution is -2.25. The van der Waals surface area contributed by atoms with Crippen molar-refractivity contribution in [3.05, 3.63) is 16.3 Å². The van der Waals surface area contributed by atoms with Crippen LogP contribution in [-0.4, -0.2) is 11.9 Å². The third-order valence-corrected chi connectivity index (χ3v) is 3.88. The molecule has 1 aromatic rings. The van der Waals surface area contributed by atoms with Crippen molar-refractivity contribution in [1.29, 1.82) is 0 Å². The Hall–Kier alpha value is -0.870. The molecule has 1 aromatic heterocycles. The standard InChI is InChI=1S/C12H18N2OS/c1-9(15)14-11-6-7-16-12(11)8-13-10-4-2-3-5-10/h6-7,10,13H,2-5,8H2,1H3,(H,14,15). The zero-order chi connectivity index (χ0) is 11.4. The van der Waals surface area contributed by atoms with E-state index in [-0.39, 0.29) is 5.91 Å².